The number of nitriles is 1. The molecular weight excluding hydrogens is 543 g/mol. The average Bonchev–Trinajstić information content (AvgIpc) is 3.73. The zero-order chi connectivity index (χ0) is 29.3. The quantitative estimate of drug-likeness (QED) is 0.176. The van der Waals surface area contributed by atoms with Gasteiger partial charge in [-0.05, 0) is 48.6 Å². The third kappa shape index (κ3) is 5.68. The van der Waals surface area contributed by atoms with Gasteiger partial charge in [0.2, 0.25) is 5.95 Å². The normalized spacial score (nSPS) is 15.5. The lowest BCUT2D eigenvalue weighted by Gasteiger charge is -2.23. The Morgan fingerprint density at radius 2 is 1.95 bits per heavy atom. The summed E-state index contributed by atoms with van der Waals surface area (Å²) in [6, 6.07) is 16.1. The Bertz CT molecular complexity index is 1770. The van der Waals surface area contributed by atoms with Gasteiger partial charge in [0, 0.05) is 30.1 Å². The van der Waals surface area contributed by atoms with Crippen molar-refractivity contribution in [3.8, 4) is 6.07 Å². The lowest BCUT2D eigenvalue weighted by atomic mass is 10.0. The Morgan fingerprint density at radius 3 is 2.66 bits per heavy atom. The van der Waals surface area contributed by atoms with Crippen molar-refractivity contribution in [1.29, 1.82) is 5.26 Å². The summed E-state index contributed by atoms with van der Waals surface area (Å²) in [6.45, 7) is -0.0698. The van der Waals surface area contributed by atoms with Crippen molar-refractivity contribution >= 4 is 33.9 Å². The zero-order valence-corrected chi connectivity index (χ0v) is 22.6. The van der Waals surface area contributed by atoms with Gasteiger partial charge in [0.15, 0.2) is 0 Å². The standard InChI is InChI=1S/C30H26ClFN8O/c31-24-13-21(36-29(19-6-9-27(32)34-15-19)26-17-40(39-38-26)22-7-8-22)12-23-28(20(14-33)16-35-30(23)24)37-25(10-11-41)18-4-2-1-3-5-18/h1-6,9,12-13,15-17,22,25,29,36,41H,7-8,10-11H2,(H,35,37)/t25-,29?/m1/s1/i29D. The summed E-state index contributed by atoms with van der Waals surface area (Å²) in [5, 5.41) is 35.8. The molecule has 1 fully saturated rings. The zero-order valence-electron chi connectivity index (χ0n) is 22.8. The number of aliphatic hydroxyl groups excluding tert-OH is 1. The van der Waals surface area contributed by atoms with Crippen LogP contribution < -0.4 is 10.6 Å². The van der Waals surface area contributed by atoms with Crippen LogP contribution in [-0.4, -0.2) is 36.7 Å². The van der Waals surface area contributed by atoms with E-state index in [9.17, 15) is 16.1 Å². The molecule has 6 rings (SSSR count). The average molecular weight is 570 g/mol. The van der Waals surface area contributed by atoms with E-state index in [1.807, 2.05) is 30.3 Å². The van der Waals surface area contributed by atoms with Gasteiger partial charge in [-0.2, -0.15) is 9.65 Å². The first kappa shape index (κ1) is 25.4. The van der Waals surface area contributed by atoms with Crippen molar-refractivity contribution in [2.24, 2.45) is 0 Å². The number of aliphatic hydroxyl groups is 1. The largest absolute Gasteiger partial charge is 0.396 e. The molecular formula is C30H26ClFN8O. The second kappa shape index (κ2) is 11.5. The summed E-state index contributed by atoms with van der Waals surface area (Å²) in [5.74, 6) is -0.668. The molecule has 11 heteroatoms. The molecule has 0 radical (unpaired) electrons. The predicted octanol–water partition coefficient (Wildman–Crippen LogP) is 5.96. The van der Waals surface area contributed by atoms with Crippen molar-refractivity contribution in [1.82, 2.24) is 25.0 Å². The number of nitrogens with one attached hydrogen (secondary N) is 2. The number of fused-ring (bicyclic) bond motifs is 1. The lowest BCUT2D eigenvalue weighted by Crippen LogP contribution is -2.15. The number of hydrogen-bond acceptors (Lipinski definition) is 8. The highest BCUT2D eigenvalue weighted by atomic mass is 35.5. The minimum absolute atomic E-state index is 0.0698. The van der Waals surface area contributed by atoms with E-state index >= 15 is 0 Å². The molecule has 2 atom stereocenters. The van der Waals surface area contributed by atoms with Gasteiger partial charge < -0.3 is 15.7 Å². The SMILES string of the molecule is [2H]C(Nc1cc(Cl)c2ncc(C#N)c(N[C@H](CCO)c3ccccc3)c2c1)(c1ccc(F)nc1)c1cn(C2CC2)nn1. The van der Waals surface area contributed by atoms with Crippen LogP contribution in [0.15, 0.2) is 73.2 Å². The molecule has 1 aliphatic carbocycles. The molecule has 3 aromatic heterocycles. The monoisotopic (exact) mass is 569 g/mol. The maximum Gasteiger partial charge on any atom is 0.212 e. The van der Waals surface area contributed by atoms with Crippen LogP contribution in [0.25, 0.3) is 10.9 Å². The maximum atomic E-state index is 13.7. The fourth-order valence-corrected chi connectivity index (χ4v) is 5.01. The predicted molar refractivity (Wildman–Crippen MR) is 154 cm³/mol. The molecule has 41 heavy (non-hydrogen) atoms. The molecule has 1 saturated carbocycles. The van der Waals surface area contributed by atoms with Crippen LogP contribution in [0.4, 0.5) is 15.8 Å². The highest BCUT2D eigenvalue weighted by Crippen LogP contribution is 2.38. The minimum atomic E-state index is -1.71. The fraction of sp³-hybridized carbons (Fsp3) is 0.233. The smallest absolute Gasteiger partial charge is 0.212 e. The Kier molecular flexibility index (Phi) is 7.11. The van der Waals surface area contributed by atoms with Crippen LogP contribution in [-0.2, 0) is 0 Å². The molecule has 9 nitrogen and oxygen atoms in total. The Hall–Kier alpha value is -4.59. The summed E-state index contributed by atoms with van der Waals surface area (Å²) < 4.78 is 25.0. The minimum Gasteiger partial charge on any atom is -0.396 e. The molecule has 0 spiro atoms. The van der Waals surface area contributed by atoms with Gasteiger partial charge in [0.1, 0.15) is 11.8 Å². The number of nitrogens with zero attached hydrogens (tertiary/aromatic N) is 6. The number of benzene rings is 2. The molecule has 206 valence electrons. The van der Waals surface area contributed by atoms with Gasteiger partial charge >= 0.3 is 0 Å². The van der Waals surface area contributed by atoms with Gasteiger partial charge in [0.05, 0.1) is 47.5 Å². The lowest BCUT2D eigenvalue weighted by molar-refractivity contribution is 0.280. The molecule has 3 N–H and O–H groups in total. The van der Waals surface area contributed by atoms with Crippen LogP contribution in [0.2, 0.25) is 5.02 Å². The van der Waals surface area contributed by atoms with E-state index in [2.05, 4.69) is 37.0 Å². The highest BCUT2D eigenvalue weighted by molar-refractivity contribution is 6.35. The first-order chi connectivity index (χ1) is 20.4. The number of anilines is 2. The first-order valence-electron chi connectivity index (χ1n) is 13.7. The number of rotatable bonds is 10. The molecule has 1 unspecified atom stereocenters. The summed E-state index contributed by atoms with van der Waals surface area (Å²) in [4.78, 5) is 8.20. The van der Waals surface area contributed by atoms with Crippen molar-refractivity contribution in [3.63, 3.8) is 0 Å². The van der Waals surface area contributed by atoms with Gasteiger partial charge in [-0.1, -0.05) is 53.2 Å². The third-order valence-electron chi connectivity index (χ3n) is 6.96. The summed E-state index contributed by atoms with van der Waals surface area (Å²) in [6.07, 6.45) is 6.84. The van der Waals surface area contributed by atoms with E-state index in [1.54, 1.807) is 23.0 Å². The van der Waals surface area contributed by atoms with Gasteiger partial charge in [-0.3, -0.25) is 4.98 Å². The fourth-order valence-electron chi connectivity index (χ4n) is 4.74. The molecule has 3 heterocycles. The van der Waals surface area contributed by atoms with Crippen LogP contribution in [0, 0.1) is 17.3 Å². The Balaban J connectivity index is 1.46. The molecule has 0 bridgehead atoms. The van der Waals surface area contributed by atoms with Crippen LogP contribution >= 0.6 is 11.6 Å². The van der Waals surface area contributed by atoms with Crippen molar-refractivity contribution in [3.05, 3.63) is 107 Å². The molecule has 0 aliphatic heterocycles. The summed E-state index contributed by atoms with van der Waals surface area (Å²) in [5.41, 5.74) is 3.26. The molecule has 2 aromatic carbocycles. The Morgan fingerprint density at radius 1 is 1.12 bits per heavy atom. The third-order valence-corrected chi connectivity index (χ3v) is 7.24. The van der Waals surface area contributed by atoms with Gasteiger partial charge in [-0.25, -0.2) is 9.67 Å². The van der Waals surface area contributed by atoms with Crippen molar-refractivity contribution in [2.45, 2.75) is 37.4 Å². The second-order valence-electron chi connectivity index (χ2n) is 9.82. The maximum absolute atomic E-state index is 13.7. The highest BCUT2D eigenvalue weighted by Gasteiger charge is 2.27. The van der Waals surface area contributed by atoms with Crippen LogP contribution in [0.3, 0.4) is 0 Å². The summed E-state index contributed by atoms with van der Waals surface area (Å²) in [7, 11) is 0. The van der Waals surface area contributed by atoms with E-state index in [1.165, 1.54) is 24.5 Å². The Labute approximate surface area is 242 Å². The van der Waals surface area contributed by atoms with Crippen LogP contribution in [0.1, 0.15) is 61.1 Å². The topological polar surface area (TPSA) is 125 Å². The van der Waals surface area contributed by atoms with E-state index in [4.69, 9.17) is 11.6 Å². The van der Waals surface area contributed by atoms with E-state index < -0.39 is 12.0 Å². The number of halogens is 2. The number of aromatic nitrogens is 5. The summed E-state index contributed by atoms with van der Waals surface area (Å²) >= 11 is 6.73. The first-order valence-corrected chi connectivity index (χ1v) is 13.5. The van der Waals surface area contributed by atoms with Gasteiger partial charge in [-0.15, -0.1) is 5.10 Å². The van der Waals surface area contributed by atoms with Crippen LogP contribution in [0.5, 0.6) is 0 Å². The molecule has 0 amide bonds. The van der Waals surface area contributed by atoms with E-state index in [0.29, 0.717) is 50.5 Å². The number of hydrogen-bond donors (Lipinski definition) is 3. The second-order valence-corrected chi connectivity index (χ2v) is 10.2. The molecule has 5 aromatic rings. The van der Waals surface area contributed by atoms with Crippen molar-refractivity contribution < 1.29 is 10.9 Å². The van der Waals surface area contributed by atoms with E-state index in [-0.39, 0.29) is 18.7 Å². The molecule has 0 saturated heterocycles. The number of pyridine rings is 2. The molecule has 1 aliphatic rings. The van der Waals surface area contributed by atoms with E-state index in [0.717, 1.165) is 18.4 Å². The van der Waals surface area contributed by atoms with Crippen molar-refractivity contribution in [2.75, 3.05) is 17.2 Å². The van der Waals surface area contributed by atoms with Gasteiger partial charge in [0.25, 0.3) is 0 Å².